The minimum Gasteiger partial charge on any atom is -0.483 e. The fraction of sp³-hybridized carbons (Fsp3) is 0.833. The predicted molar refractivity (Wildman–Crippen MR) is 47.2 cm³/mol. The summed E-state index contributed by atoms with van der Waals surface area (Å²) in [5.74, 6) is 0. The molecule has 54 valence electrons. The Bertz CT molecular complexity index is 95.1. The second-order valence-electron chi connectivity index (χ2n) is 1.84. The van der Waals surface area contributed by atoms with Crippen LogP contribution in [-0.2, 0) is 4.74 Å². The van der Waals surface area contributed by atoms with Crippen molar-refractivity contribution in [3.05, 3.63) is 0 Å². The third-order valence-electron chi connectivity index (χ3n) is 1.02. The monoisotopic (exact) mass is 210 g/mol. The predicted octanol–water partition coefficient (Wildman–Crippen LogP) is 2.52. The molecule has 0 aromatic heterocycles. The quantitative estimate of drug-likeness (QED) is 0.524. The summed E-state index contributed by atoms with van der Waals surface area (Å²) in [5, 5.41) is 1.30. The van der Waals surface area contributed by atoms with Crippen molar-refractivity contribution >= 4 is 33.2 Å². The lowest BCUT2D eigenvalue weighted by Gasteiger charge is -2.10. The van der Waals surface area contributed by atoms with Gasteiger partial charge in [-0.3, -0.25) is 0 Å². The molecule has 1 atom stereocenters. The first-order chi connectivity index (χ1) is 4.20. The zero-order valence-corrected chi connectivity index (χ0v) is 8.09. The molecule has 0 heterocycles. The average molecular weight is 211 g/mol. The molecule has 9 heavy (non-hydrogen) atoms. The third kappa shape index (κ3) is 4.85. The number of halogens is 1. The molecule has 0 bridgehead atoms. The maximum absolute atomic E-state index is 5.23. The lowest BCUT2D eigenvalue weighted by atomic mass is 10.3. The fourth-order valence-electron chi connectivity index (χ4n) is 0.339. The van der Waals surface area contributed by atoms with Gasteiger partial charge in [-0.2, -0.15) is 0 Å². The second kappa shape index (κ2) is 5.18. The number of hydrogen-bond acceptors (Lipinski definition) is 2. The van der Waals surface area contributed by atoms with Crippen LogP contribution in [0.2, 0.25) is 0 Å². The van der Waals surface area contributed by atoms with Crippen LogP contribution in [-0.4, -0.2) is 16.5 Å². The van der Waals surface area contributed by atoms with E-state index in [-0.39, 0.29) is 6.10 Å². The van der Waals surface area contributed by atoms with Crippen LogP contribution < -0.4 is 0 Å². The van der Waals surface area contributed by atoms with Crippen molar-refractivity contribution in [1.82, 2.24) is 0 Å². The van der Waals surface area contributed by atoms with Gasteiger partial charge in [0.1, 0.15) is 0 Å². The lowest BCUT2D eigenvalue weighted by molar-refractivity contribution is 0.209. The van der Waals surface area contributed by atoms with Crippen LogP contribution in [0.25, 0.3) is 0 Å². The normalized spacial score (nSPS) is 12.8. The standard InChI is InChI=1S/C6H11BrOS/c1-3-5(2)8-6(9)4-7/h5H,3-4H2,1-2H3. The van der Waals surface area contributed by atoms with E-state index < -0.39 is 0 Å². The van der Waals surface area contributed by atoms with Crippen LogP contribution in [0.1, 0.15) is 20.3 Å². The molecule has 0 radical (unpaired) electrons. The average Bonchev–Trinajstić information content (AvgIpc) is 1.87. The number of rotatable bonds is 3. The number of alkyl halides is 1. The maximum Gasteiger partial charge on any atom is 0.170 e. The maximum atomic E-state index is 5.23. The van der Waals surface area contributed by atoms with Gasteiger partial charge in [0.2, 0.25) is 0 Å². The van der Waals surface area contributed by atoms with Crippen molar-refractivity contribution in [2.75, 3.05) is 5.33 Å². The van der Waals surface area contributed by atoms with Crippen LogP contribution in [0, 0.1) is 0 Å². The van der Waals surface area contributed by atoms with Crippen molar-refractivity contribution < 1.29 is 4.74 Å². The largest absolute Gasteiger partial charge is 0.483 e. The van der Waals surface area contributed by atoms with Gasteiger partial charge in [-0.05, 0) is 25.6 Å². The Labute approximate surface area is 69.9 Å². The molecule has 0 saturated carbocycles. The molecule has 0 aliphatic carbocycles. The summed E-state index contributed by atoms with van der Waals surface area (Å²) in [6.45, 7) is 4.08. The van der Waals surface area contributed by atoms with Crippen LogP contribution in [0.15, 0.2) is 0 Å². The zero-order chi connectivity index (χ0) is 7.28. The van der Waals surface area contributed by atoms with Crippen molar-refractivity contribution in [3.8, 4) is 0 Å². The van der Waals surface area contributed by atoms with Crippen LogP contribution in [0.4, 0.5) is 0 Å². The molecule has 0 amide bonds. The summed E-state index contributed by atoms with van der Waals surface area (Å²) < 4.78 is 5.23. The van der Waals surface area contributed by atoms with Gasteiger partial charge in [0.05, 0.1) is 11.4 Å². The fourth-order valence-corrected chi connectivity index (χ4v) is 0.636. The van der Waals surface area contributed by atoms with Gasteiger partial charge in [-0.1, -0.05) is 22.9 Å². The van der Waals surface area contributed by atoms with Gasteiger partial charge in [-0.25, -0.2) is 0 Å². The molecule has 0 fully saturated rings. The minimum absolute atomic E-state index is 0.259. The van der Waals surface area contributed by atoms with E-state index in [2.05, 4.69) is 22.9 Å². The highest BCUT2D eigenvalue weighted by Gasteiger charge is 2.00. The summed E-state index contributed by atoms with van der Waals surface area (Å²) in [5.41, 5.74) is 0. The number of ether oxygens (including phenoxy) is 1. The van der Waals surface area contributed by atoms with Crippen molar-refractivity contribution in [2.45, 2.75) is 26.4 Å². The number of hydrogen-bond donors (Lipinski definition) is 0. The Balaban J connectivity index is 3.34. The van der Waals surface area contributed by atoms with Crippen molar-refractivity contribution in [3.63, 3.8) is 0 Å². The molecule has 0 aliphatic heterocycles. The van der Waals surface area contributed by atoms with Gasteiger partial charge in [0, 0.05) is 0 Å². The minimum atomic E-state index is 0.259. The molecule has 0 saturated heterocycles. The SMILES string of the molecule is CCC(C)OC(=S)CBr. The molecule has 0 rings (SSSR count). The van der Waals surface area contributed by atoms with E-state index in [4.69, 9.17) is 17.0 Å². The molecular weight excluding hydrogens is 200 g/mol. The van der Waals surface area contributed by atoms with E-state index in [1.807, 2.05) is 6.92 Å². The Kier molecular flexibility index (Phi) is 5.39. The summed E-state index contributed by atoms with van der Waals surface area (Å²) in [6, 6.07) is 0. The third-order valence-corrected chi connectivity index (χ3v) is 2.14. The van der Waals surface area contributed by atoms with Crippen molar-refractivity contribution in [1.29, 1.82) is 0 Å². The Hall–Kier alpha value is 0.370. The van der Waals surface area contributed by atoms with E-state index in [1.165, 1.54) is 0 Å². The van der Waals surface area contributed by atoms with E-state index in [1.54, 1.807) is 0 Å². The molecule has 3 heteroatoms. The molecule has 0 aromatic carbocycles. The summed E-state index contributed by atoms with van der Waals surface area (Å²) >= 11 is 8.03. The Morgan fingerprint density at radius 1 is 1.78 bits per heavy atom. The molecule has 0 aromatic rings. The highest BCUT2D eigenvalue weighted by atomic mass is 79.9. The van der Waals surface area contributed by atoms with E-state index in [9.17, 15) is 0 Å². The van der Waals surface area contributed by atoms with Gasteiger partial charge >= 0.3 is 0 Å². The molecule has 1 nitrogen and oxygen atoms in total. The van der Waals surface area contributed by atoms with E-state index >= 15 is 0 Å². The van der Waals surface area contributed by atoms with Gasteiger partial charge in [0.15, 0.2) is 5.05 Å². The Morgan fingerprint density at radius 3 is 2.67 bits per heavy atom. The lowest BCUT2D eigenvalue weighted by Crippen LogP contribution is -2.12. The summed E-state index contributed by atoms with van der Waals surface area (Å²) in [4.78, 5) is 0. The summed E-state index contributed by atoms with van der Waals surface area (Å²) in [6.07, 6.45) is 1.27. The van der Waals surface area contributed by atoms with Gasteiger partial charge in [-0.15, -0.1) is 0 Å². The van der Waals surface area contributed by atoms with Crippen molar-refractivity contribution in [2.24, 2.45) is 0 Å². The van der Waals surface area contributed by atoms with Gasteiger partial charge < -0.3 is 4.74 Å². The smallest absolute Gasteiger partial charge is 0.170 e. The zero-order valence-electron chi connectivity index (χ0n) is 5.69. The van der Waals surface area contributed by atoms with E-state index in [0.29, 0.717) is 10.4 Å². The topological polar surface area (TPSA) is 9.23 Å². The molecule has 1 unspecified atom stereocenters. The highest BCUT2D eigenvalue weighted by molar-refractivity contribution is 9.09. The van der Waals surface area contributed by atoms with Crippen LogP contribution >= 0.6 is 28.1 Å². The van der Waals surface area contributed by atoms with E-state index in [0.717, 1.165) is 6.42 Å². The summed E-state index contributed by atoms with van der Waals surface area (Å²) in [7, 11) is 0. The Morgan fingerprint density at radius 2 is 2.33 bits per heavy atom. The second-order valence-corrected chi connectivity index (χ2v) is 2.86. The van der Waals surface area contributed by atoms with Crippen LogP contribution in [0.5, 0.6) is 0 Å². The molecule has 0 spiro atoms. The molecule has 0 N–H and O–H groups in total. The van der Waals surface area contributed by atoms with Crippen LogP contribution in [0.3, 0.4) is 0 Å². The first kappa shape index (κ1) is 9.37. The van der Waals surface area contributed by atoms with Gasteiger partial charge in [0.25, 0.3) is 0 Å². The first-order valence-electron chi connectivity index (χ1n) is 2.96. The highest BCUT2D eigenvalue weighted by Crippen LogP contribution is 1.99. The molecular formula is C6H11BrOS. The first-order valence-corrected chi connectivity index (χ1v) is 4.49. The molecule has 0 aliphatic rings. The number of thiocarbonyl (C=S) groups is 1.